The average molecular weight is 281 g/mol. The second-order valence-corrected chi connectivity index (χ2v) is 5.46. The van der Waals surface area contributed by atoms with Gasteiger partial charge in [-0.15, -0.1) is 0 Å². The van der Waals surface area contributed by atoms with Crippen LogP contribution in [-0.4, -0.2) is 43.1 Å². The van der Waals surface area contributed by atoms with Crippen molar-refractivity contribution in [3.63, 3.8) is 0 Å². The molecule has 0 spiro atoms. The summed E-state index contributed by atoms with van der Waals surface area (Å²) in [4.78, 5) is 16.5. The Labute approximate surface area is 124 Å². The smallest absolute Gasteiger partial charge is 0.180 e. The van der Waals surface area contributed by atoms with E-state index < -0.39 is 0 Å². The summed E-state index contributed by atoms with van der Waals surface area (Å²) in [6.45, 7) is 0. The quantitative estimate of drug-likeness (QED) is 0.802. The van der Waals surface area contributed by atoms with E-state index >= 15 is 0 Å². The van der Waals surface area contributed by atoms with Gasteiger partial charge >= 0.3 is 0 Å². The third-order valence-corrected chi connectivity index (χ3v) is 3.45. The Bertz CT molecular complexity index is 756. The SMILES string of the molecule is CN(C)c1ccc(-c2nc3nc(N(C)C)ccc3[nH]2)cc1. The van der Waals surface area contributed by atoms with Crippen LogP contribution in [-0.2, 0) is 0 Å². The van der Waals surface area contributed by atoms with Gasteiger partial charge in [0.25, 0.3) is 0 Å². The van der Waals surface area contributed by atoms with E-state index in [0.717, 1.165) is 28.4 Å². The molecular formula is C16H19N5. The molecule has 0 aliphatic rings. The minimum atomic E-state index is 0.743. The summed E-state index contributed by atoms with van der Waals surface area (Å²) in [5.41, 5.74) is 3.92. The molecule has 2 heterocycles. The van der Waals surface area contributed by atoms with Gasteiger partial charge in [-0.2, -0.15) is 0 Å². The maximum atomic E-state index is 4.59. The van der Waals surface area contributed by atoms with E-state index in [2.05, 4.69) is 44.1 Å². The van der Waals surface area contributed by atoms with Gasteiger partial charge in [0.1, 0.15) is 11.6 Å². The van der Waals surface area contributed by atoms with Gasteiger partial charge in [0.2, 0.25) is 0 Å². The van der Waals surface area contributed by atoms with Crippen LogP contribution in [0.25, 0.3) is 22.6 Å². The molecule has 0 bridgehead atoms. The van der Waals surface area contributed by atoms with E-state index in [-0.39, 0.29) is 0 Å². The first-order valence-corrected chi connectivity index (χ1v) is 6.86. The van der Waals surface area contributed by atoms with Crippen LogP contribution in [0.4, 0.5) is 11.5 Å². The van der Waals surface area contributed by atoms with Crippen molar-refractivity contribution in [1.29, 1.82) is 0 Å². The van der Waals surface area contributed by atoms with Gasteiger partial charge in [0.15, 0.2) is 5.65 Å². The second kappa shape index (κ2) is 5.09. The van der Waals surface area contributed by atoms with Gasteiger partial charge in [-0.1, -0.05) is 0 Å². The molecule has 5 nitrogen and oxygen atoms in total. The van der Waals surface area contributed by atoms with E-state index in [1.54, 1.807) is 0 Å². The maximum absolute atomic E-state index is 4.59. The molecule has 3 aromatic rings. The fraction of sp³-hybridized carbons (Fsp3) is 0.250. The molecule has 0 fully saturated rings. The number of benzene rings is 1. The van der Waals surface area contributed by atoms with Crippen LogP contribution in [0, 0.1) is 0 Å². The van der Waals surface area contributed by atoms with Crippen molar-refractivity contribution in [1.82, 2.24) is 15.0 Å². The maximum Gasteiger partial charge on any atom is 0.180 e. The average Bonchev–Trinajstić information content (AvgIpc) is 2.90. The molecule has 2 aromatic heterocycles. The molecule has 5 heteroatoms. The zero-order valence-electron chi connectivity index (χ0n) is 12.8. The molecule has 0 aliphatic heterocycles. The summed E-state index contributed by atoms with van der Waals surface area (Å²) >= 11 is 0. The highest BCUT2D eigenvalue weighted by molar-refractivity contribution is 5.78. The lowest BCUT2D eigenvalue weighted by Crippen LogP contribution is -2.10. The highest BCUT2D eigenvalue weighted by Crippen LogP contribution is 2.23. The number of pyridine rings is 1. The Morgan fingerprint density at radius 1 is 0.810 bits per heavy atom. The number of nitrogens with one attached hydrogen (secondary N) is 1. The molecule has 0 atom stereocenters. The van der Waals surface area contributed by atoms with Gasteiger partial charge in [-0.05, 0) is 36.4 Å². The minimum Gasteiger partial charge on any atom is -0.378 e. The van der Waals surface area contributed by atoms with Crippen molar-refractivity contribution < 1.29 is 0 Å². The van der Waals surface area contributed by atoms with Crippen LogP contribution >= 0.6 is 0 Å². The molecule has 0 amide bonds. The normalized spacial score (nSPS) is 10.9. The summed E-state index contributed by atoms with van der Waals surface area (Å²) in [7, 11) is 8.01. The van der Waals surface area contributed by atoms with Crippen molar-refractivity contribution in [2.24, 2.45) is 0 Å². The summed E-state index contributed by atoms with van der Waals surface area (Å²) < 4.78 is 0. The Hall–Kier alpha value is -2.56. The Balaban J connectivity index is 2.00. The highest BCUT2D eigenvalue weighted by Gasteiger charge is 2.08. The number of imidazole rings is 1. The van der Waals surface area contributed by atoms with Gasteiger partial charge in [-0.3, -0.25) is 0 Å². The fourth-order valence-electron chi connectivity index (χ4n) is 2.19. The first kappa shape index (κ1) is 13.4. The molecule has 0 aliphatic carbocycles. The van der Waals surface area contributed by atoms with E-state index in [0.29, 0.717) is 0 Å². The van der Waals surface area contributed by atoms with Crippen LogP contribution < -0.4 is 9.80 Å². The van der Waals surface area contributed by atoms with Crippen molar-refractivity contribution >= 4 is 22.7 Å². The fourth-order valence-corrected chi connectivity index (χ4v) is 2.19. The zero-order chi connectivity index (χ0) is 15.0. The predicted molar refractivity (Wildman–Crippen MR) is 88.0 cm³/mol. The zero-order valence-corrected chi connectivity index (χ0v) is 12.8. The second-order valence-electron chi connectivity index (χ2n) is 5.46. The highest BCUT2D eigenvalue weighted by atomic mass is 15.1. The molecule has 0 saturated carbocycles. The van der Waals surface area contributed by atoms with Gasteiger partial charge < -0.3 is 14.8 Å². The Kier molecular flexibility index (Phi) is 3.25. The number of nitrogens with zero attached hydrogens (tertiary/aromatic N) is 4. The number of hydrogen-bond donors (Lipinski definition) is 1. The lowest BCUT2D eigenvalue weighted by atomic mass is 10.2. The summed E-state index contributed by atoms with van der Waals surface area (Å²) in [6.07, 6.45) is 0. The third-order valence-electron chi connectivity index (χ3n) is 3.45. The predicted octanol–water partition coefficient (Wildman–Crippen LogP) is 2.76. The first-order chi connectivity index (χ1) is 10.0. The largest absolute Gasteiger partial charge is 0.378 e. The summed E-state index contributed by atoms with van der Waals surface area (Å²) in [5.74, 6) is 1.75. The van der Waals surface area contributed by atoms with Crippen molar-refractivity contribution in [2.45, 2.75) is 0 Å². The molecule has 0 saturated heterocycles. The molecule has 0 radical (unpaired) electrons. The number of H-pyrrole nitrogens is 1. The van der Waals surface area contributed by atoms with Crippen molar-refractivity contribution in [3.8, 4) is 11.4 Å². The van der Waals surface area contributed by atoms with Crippen LogP contribution in [0.5, 0.6) is 0 Å². The number of aromatic amines is 1. The number of anilines is 2. The lowest BCUT2D eigenvalue weighted by molar-refractivity contribution is 1.08. The monoisotopic (exact) mass is 281 g/mol. The molecule has 108 valence electrons. The van der Waals surface area contributed by atoms with E-state index in [1.807, 2.05) is 45.2 Å². The van der Waals surface area contributed by atoms with Gasteiger partial charge in [-0.25, -0.2) is 9.97 Å². The number of rotatable bonds is 3. The van der Waals surface area contributed by atoms with Crippen LogP contribution in [0.1, 0.15) is 0 Å². The van der Waals surface area contributed by atoms with E-state index in [1.165, 1.54) is 5.69 Å². The molecule has 21 heavy (non-hydrogen) atoms. The van der Waals surface area contributed by atoms with Crippen LogP contribution in [0.2, 0.25) is 0 Å². The minimum absolute atomic E-state index is 0.743. The van der Waals surface area contributed by atoms with Crippen LogP contribution in [0.3, 0.4) is 0 Å². The standard InChI is InChI=1S/C16H19N5/c1-20(2)12-7-5-11(6-8-12)15-17-13-9-10-14(21(3)4)18-16(13)19-15/h5-10H,1-4H3,(H,17,18,19). The number of fused-ring (bicyclic) bond motifs is 1. The Morgan fingerprint density at radius 3 is 2.14 bits per heavy atom. The summed E-state index contributed by atoms with van der Waals surface area (Å²) in [6, 6.07) is 12.3. The topological polar surface area (TPSA) is 48.1 Å². The van der Waals surface area contributed by atoms with Crippen molar-refractivity contribution in [2.75, 3.05) is 38.0 Å². The third kappa shape index (κ3) is 2.54. The molecule has 1 N–H and O–H groups in total. The van der Waals surface area contributed by atoms with Gasteiger partial charge in [0, 0.05) is 39.4 Å². The molecular weight excluding hydrogens is 262 g/mol. The van der Waals surface area contributed by atoms with E-state index in [9.17, 15) is 0 Å². The van der Waals surface area contributed by atoms with Crippen molar-refractivity contribution in [3.05, 3.63) is 36.4 Å². The molecule has 1 aromatic carbocycles. The van der Waals surface area contributed by atoms with Crippen LogP contribution in [0.15, 0.2) is 36.4 Å². The number of hydrogen-bond acceptors (Lipinski definition) is 4. The summed E-state index contributed by atoms with van der Waals surface area (Å²) in [5, 5.41) is 0. The van der Waals surface area contributed by atoms with Gasteiger partial charge in [0.05, 0.1) is 5.52 Å². The number of aromatic nitrogens is 3. The first-order valence-electron chi connectivity index (χ1n) is 6.86. The lowest BCUT2D eigenvalue weighted by Gasteiger charge is -2.11. The molecule has 0 unspecified atom stereocenters. The van der Waals surface area contributed by atoms with E-state index in [4.69, 9.17) is 0 Å². The Morgan fingerprint density at radius 2 is 1.52 bits per heavy atom. The molecule has 3 rings (SSSR count).